The van der Waals surface area contributed by atoms with Gasteiger partial charge in [-0.3, -0.25) is 0 Å². The lowest BCUT2D eigenvalue weighted by Crippen LogP contribution is -2.06. The number of rotatable bonds is 3. The fourth-order valence-corrected chi connectivity index (χ4v) is 4.57. The first-order valence-electron chi connectivity index (χ1n) is 5.43. The maximum atomic E-state index is 5.84. The van der Waals surface area contributed by atoms with Gasteiger partial charge >= 0.3 is 0 Å². The Morgan fingerprint density at radius 2 is 1.67 bits per heavy atom. The van der Waals surface area contributed by atoms with Crippen molar-refractivity contribution in [3.8, 4) is 0 Å². The third-order valence-corrected chi connectivity index (χ3v) is 5.89. The molecule has 1 aliphatic rings. The van der Waals surface area contributed by atoms with Gasteiger partial charge in [0.2, 0.25) is 0 Å². The molecule has 15 heavy (non-hydrogen) atoms. The second-order valence-electron chi connectivity index (χ2n) is 3.89. The molecule has 1 fully saturated rings. The summed E-state index contributed by atoms with van der Waals surface area (Å²) in [5, 5.41) is 1.68. The van der Waals surface area contributed by atoms with Gasteiger partial charge in [0.1, 0.15) is 0 Å². The molecule has 0 radical (unpaired) electrons. The van der Waals surface area contributed by atoms with Crippen LogP contribution in [0, 0.1) is 0 Å². The normalized spacial score (nSPS) is 17.9. The molecule has 0 nitrogen and oxygen atoms in total. The Labute approximate surface area is 105 Å². The zero-order valence-electron chi connectivity index (χ0n) is 8.62. The van der Waals surface area contributed by atoms with Gasteiger partial charge < -0.3 is 0 Å². The second kappa shape index (κ2) is 6.07. The van der Waals surface area contributed by atoms with Crippen LogP contribution in [0.15, 0.2) is 29.2 Å². The van der Waals surface area contributed by atoms with Gasteiger partial charge in [-0.15, -0.1) is 0 Å². The van der Waals surface area contributed by atoms with E-state index >= 15 is 0 Å². The molecular weight excluding hydrogens is 244 g/mol. The van der Waals surface area contributed by atoms with Crippen LogP contribution in [0.3, 0.4) is 0 Å². The molecule has 0 spiro atoms. The van der Waals surface area contributed by atoms with Gasteiger partial charge in [-0.2, -0.15) is 0 Å². The van der Waals surface area contributed by atoms with Gasteiger partial charge in [-0.25, -0.2) is 0 Å². The first-order valence-corrected chi connectivity index (χ1v) is 8.02. The highest BCUT2D eigenvalue weighted by molar-refractivity contribution is 8.76. The van der Waals surface area contributed by atoms with E-state index in [0.717, 1.165) is 10.3 Å². The average Bonchev–Trinajstić information content (AvgIpc) is 2.30. The van der Waals surface area contributed by atoms with Gasteiger partial charge in [0.25, 0.3) is 0 Å². The summed E-state index contributed by atoms with van der Waals surface area (Å²) in [6.07, 6.45) is 7.05. The Hall–Kier alpha value is 0.210. The lowest BCUT2D eigenvalue weighted by atomic mass is 10.0. The molecule has 1 aromatic carbocycles. The summed E-state index contributed by atoms with van der Waals surface area (Å²) in [6, 6.07) is 8.13. The smallest absolute Gasteiger partial charge is 0.0406 e. The highest BCUT2D eigenvalue weighted by atomic mass is 35.5. The summed E-state index contributed by atoms with van der Waals surface area (Å²) in [7, 11) is 3.92. The van der Waals surface area contributed by atoms with E-state index < -0.39 is 0 Å². The molecule has 1 aliphatic carbocycles. The van der Waals surface area contributed by atoms with Crippen molar-refractivity contribution < 1.29 is 0 Å². The molecule has 0 saturated heterocycles. The summed E-state index contributed by atoms with van der Waals surface area (Å²) < 4.78 is 0. The van der Waals surface area contributed by atoms with E-state index in [1.165, 1.54) is 37.0 Å². The molecule has 0 unspecified atom stereocenters. The van der Waals surface area contributed by atoms with E-state index in [-0.39, 0.29) is 0 Å². The maximum absolute atomic E-state index is 5.84. The first kappa shape index (κ1) is 11.7. The number of hydrogen-bond acceptors (Lipinski definition) is 2. The monoisotopic (exact) mass is 258 g/mol. The summed E-state index contributed by atoms with van der Waals surface area (Å²) in [4.78, 5) is 1.31. The molecule has 1 saturated carbocycles. The van der Waals surface area contributed by atoms with E-state index in [2.05, 4.69) is 12.1 Å². The second-order valence-corrected chi connectivity index (χ2v) is 6.90. The van der Waals surface area contributed by atoms with Crippen LogP contribution >= 0.6 is 33.2 Å². The van der Waals surface area contributed by atoms with Gasteiger partial charge in [-0.1, -0.05) is 52.5 Å². The predicted molar refractivity (Wildman–Crippen MR) is 71.8 cm³/mol. The molecular formula is C12H15ClS2. The number of halogens is 1. The number of benzene rings is 1. The molecule has 0 N–H and O–H groups in total. The lowest BCUT2D eigenvalue weighted by molar-refractivity contribution is 0.517. The molecule has 0 atom stereocenters. The van der Waals surface area contributed by atoms with Crippen molar-refractivity contribution in [2.75, 3.05) is 0 Å². The van der Waals surface area contributed by atoms with E-state index in [1.54, 1.807) is 0 Å². The van der Waals surface area contributed by atoms with E-state index in [4.69, 9.17) is 11.6 Å². The molecule has 0 aliphatic heterocycles. The van der Waals surface area contributed by atoms with Gasteiger partial charge in [0, 0.05) is 15.2 Å². The Balaban J connectivity index is 1.79. The first-order chi connectivity index (χ1) is 7.34. The van der Waals surface area contributed by atoms with Crippen LogP contribution in [0.5, 0.6) is 0 Å². The van der Waals surface area contributed by atoms with E-state index in [1.807, 2.05) is 33.7 Å². The minimum absolute atomic E-state index is 0.821. The Kier molecular flexibility index (Phi) is 4.73. The molecule has 0 bridgehead atoms. The summed E-state index contributed by atoms with van der Waals surface area (Å²) >= 11 is 5.84. The van der Waals surface area contributed by atoms with E-state index in [0.29, 0.717) is 0 Å². The Morgan fingerprint density at radius 1 is 1.00 bits per heavy atom. The highest BCUT2D eigenvalue weighted by Crippen LogP contribution is 2.40. The van der Waals surface area contributed by atoms with Gasteiger partial charge in [0.15, 0.2) is 0 Å². The quantitative estimate of drug-likeness (QED) is 0.665. The third kappa shape index (κ3) is 3.93. The van der Waals surface area contributed by atoms with E-state index in [9.17, 15) is 0 Å². The lowest BCUT2D eigenvalue weighted by Gasteiger charge is -2.20. The Morgan fingerprint density at radius 3 is 2.33 bits per heavy atom. The fraction of sp³-hybridized carbons (Fsp3) is 0.500. The molecule has 0 aromatic heterocycles. The average molecular weight is 259 g/mol. The molecule has 0 amide bonds. The Bertz CT molecular complexity index is 291. The van der Waals surface area contributed by atoms with Crippen molar-refractivity contribution in [1.29, 1.82) is 0 Å². The van der Waals surface area contributed by atoms with Crippen LogP contribution in [-0.2, 0) is 0 Å². The summed E-state index contributed by atoms with van der Waals surface area (Å²) in [5.41, 5.74) is 0. The van der Waals surface area contributed by atoms with Crippen molar-refractivity contribution in [2.24, 2.45) is 0 Å². The standard InChI is InChI=1S/C12H15ClS2/c13-10-6-8-12(9-7-10)15-14-11-4-2-1-3-5-11/h6-9,11H,1-5H2. The van der Waals surface area contributed by atoms with Crippen LogP contribution in [0.1, 0.15) is 32.1 Å². The topological polar surface area (TPSA) is 0 Å². The largest absolute Gasteiger partial charge is 0.0855 e. The summed E-state index contributed by atoms with van der Waals surface area (Å²) in [5.74, 6) is 0. The number of hydrogen-bond donors (Lipinski definition) is 0. The molecule has 3 heteroatoms. The summed E-state index contributed by atoms with van der Waals surface area (Å²) in [6.45, 7) is 0. The van der Waals surface area contributed by atoms with Gasteiger partial charge in [0.05, 0.1) is 0 Å². The predicted octanol–water partition coefficient (Wildman–Crippen LogP) is 5.41. The van der Waals surface area contributed by atoms with Crippen molar-refractivity contribution in [2.45, 2.75) is 42.2 Å². The van der Waals surface area contributed by atoms with Gasteiger partial charge in [-0.05, 0) is 37.1 Å². The van der Waals surface area contributed by atoms with Crippen molar-refractivity contribution >= 4 is 33.2 Å². The third-order valence-electron chi connectivity index (χ3n) is 2.65. The zero-order chi connectivity index (χ0) is 10.5. The highest BCUT2D eigenvalue weighted by Gasteiger charge is 2.14. The van der Waals surface area contributed by atoms with Crippen molar-refractivity contribution in [3.63, 3.8) is 0 Å². The fourth-order valence-electron chi connectivity index (χ4n) is 1.78. The van der Waals surface area contributed by atoms with Crippen LogP contribution in [0.4, 0.5) is 0 Å². The van der Waals surface area contributed by atoms with Crippen LogP contribution in [0.25, 0.3) is 0 Å². The van der Waals surface area contributed by atoms with Crippen LogP contribution in [0.2, 0.25) is 5.02 Å². The minimum Gasteiger partial charge on any atom is -0.0855 e. The molecule has 0 heterocycles. The van der Waals surface area contributed by atoms with Crippen LogP contribution < -0.4 is 0 Å². The van der Waals surface area contributed by atoms with Crippen molar-refractivity contribution in [3.05, 3.63) is 29.3 Å². The van der Waals surface area contributed by atoms with Crippen molar-refractivity contribution in [1.82, 2.24) is 0 Å². The molecule has 1 aromatic rings. The SMILES string of the molecule is Clc1ccc(SSC2CCCCC2)cc1. The molecule has 82 valence electrons. The zero-order valence-corrected chi connectivity index (χ0v) is 11.0. The van der Waals surface area contributed by atoms with Crippen LogP contribution in [-0.4, -0.2) is 5.25 Å². The minimum atomic E-state index is 0.821. The molecule has 2 rings (SSSR count). The maximum Gasteiger partial charge on any atom is 0.0406 e.